The highest BCUT2D eigenvalue weighted by atomic mass is 16.5. The van der Waals surface area contributed by atoms with E-state index in [1.165, 1.54) is 14.2 Å². The minimum absolute atomic E-state index is 0.0939. The molecule has 2 aromatic carbocycles. The first-order valence-electron chi connectivity index (χ1n) is 7.99. The number of esters is 2. The van der Waals surface area contributed by atoms with Crippen molar-refractivity contribution in [3.63, 3.8) is 0 Å². The molecule has 0 spiro atoms. The van der Waals surface area contributed by atoms with Crippen molar-refractivity contribution in [2.24, 2.45) is 4.99 Å². The lowest BCUT2D eigenvalue weighted by Crippen LogP contribution is -2.24. The summed E-state index contributed by atoms with van der Waals surface area (Å²) in [6.45, 7) is 0. The second-order valence-electron chi connectivity index (χ2n) is 5.36. The Kier molecular flexibility index (Phi) is 6.89. The molecular formula is C20H21NO4. The second-order valence-corrected chi connectivity index (χ2v) is 5.36. The number of rotatable bonds is 7. The highest BCUT2D eigenvalue weighted by Crippen LogP contribution is 2.15. The molecule has 0 aliphatic carbocycles. The zero-order valence-corrected chi connectivity index (χ0v) is 14.3. The van der Waals surface area contributed by atoms with Gasteiger partial charge in [-0.2, -0.15) is 0 Å². The predicted molar refractivity (Wildman–Crippen MR) is 95.6 cm³/mol. The van der Waals surface area contributed by atoms with E-state index in [1.807, 2.05) is 60.7 Å². The number of carbonyl (C=O) groups excluding carboxylic acids is 2. The molecule has 130 valence electrons. The molecule has 0 amide bonds. The van der Waals surface area contributed by atoms with Gasteiger partial charge in [-0.15, -0.1) is 0 Å². The van der Waals surface area contributed by atoms with Crippen LogP contribution in [0.3, 0.4) is 0 Å². The highest BCUT2D eigenvalue weighted by Gasteiger charge is 2.21. The Bertz CT molecular complexity index is 684. The van der Waals surface area contributed by atoms with Crippen LogP contribution in [0.15, 0.2) is 65.7 Å². The van der Waals surface area contributed by atoms with Crippen LogP contribution >= 0.6 is 0 Å². The van der Waals surface area contributed by atoms with Gasteiger partial charge in [-0.05, 0) is 6.42 Å². The highest BCUT2D eigenvalue weighted by molar-refractivity contribution is 6.13. The maximum atomic E-state index is 12.1. The summed E-state index contributed by atoms with van der Waals surface area (Å²) in [5.74, 6) is -0.863. The van der Waals surface area contributed by atoms with Gasteiger partial charge in [0.25, 0.3) is 0 Å². The van der Waals surface area contributed by atoms with Gasteiger partial charge in [0.15, 0.2) is 0 Å². The molecule has 1 atom stereocenters. The number of hydrogen-bond acceptors (Lipinski definition) is 5. The lowest BCUT2D eigenvalue weighted by atomic mass is 10.0. The van der Waals surface area contributed by atoms with Crippen molar-refractivity contribution in [3.8, 4) is 0 Å². The van der Waals surface area contributed by atoms with Crippen molar-refractivity contribution in [2.45, 2.75) is 18.9 Å². The molecule has 1 unspecified atom stereocenters. The number of hydrogen-bond donors (Lipinski definition) is 0. The van der Waals surface area contributed by atoms with Crippen LogP contribution in [0.25, 0.3) is 0 Å². The smallest absolute Gasteiger partial charge is 0.330 e. The van der Waals surface area contributed by atoms with Crippen LogP contribution in [-0.4, -0.2) is 37.9 Å². The second kappa shape index (κ2) is 9.37. The molecule has 0 saturated carbocycles. The van der Waals surface area contributed by atoms with E-state index in [0.717, 1.165) is 11.1 Å². The molecule has 5 nitrogen and oxygen atoms in total. The van der Waals surface area contributed by atoms with Crippen LogP contribution < -0.4 is 0 Å². The Balaban J connectivity index is 2.41. The third-order valence-corrected chi connectivity index (χ3v) is 3.70. The number of nitrogens with zero attached hydrogens (tertiary/aromatic N) is 1. The van der Waals surface area contributed by atoms with Gasteiger partial charge in [-0.3, -0.25) is 9.79 Å². The number of methoxy groups -OCH3 is 2. The maximum absolute atomic E-state index is 12.1. The number of benzene rings is 2. The van der Waals surface area contributed by atoms with E-state index >= 15 is 0 Å². The molecule has 0 bridgehead atoms. The molecular weight excluding hydrogens is 318 g/mol. The summed E-state index contributed by atoms with van der Waals surface area (Å²) in [5.41, 5.74) is 2.46. The molecule has 0 saturated heterocycles. The normalized spacial score (nSPS) is 11.3. The van der Waals surface area contributed by atoms with Gasteiger partial charge < -0.3 is 9.47 Å². The number of ether oxygens (including phenoxy) is 2. The van der Waals surface area contributed by atoms with Gasteiger partial charge >= 0.3 is 11.9 Å². The number of carbonyl (C=O) groups is 2. The molecule has 0 heterocycles. The van der Waals surface area contributed by atoms with Crippen LogP contribution in [0.5, 0.6) is 0 Å². The van der Waals surface area contributed by atoms with E-state index in [1.54, 1.807) is 0 Å². The molecule has 2 aromatic rings. The minimum Gasteiger partial charge on any atom is -0.469 e. The Morgan fingerprint density at radius 2 is 1.40 bits per heavy atom. The van der Waals surface area contributed by atoms with Crippen LogP contribution in [-0.2, 0) is 19.1 Å². The average Bonchev–Trinajstić information content (AvgIpc) is 2.68. The van der Waals surface area contributed by atoms with E-state index in [4.69, 9.17) is 4.74 Å². The van der Waals surface area contributed by atoms with E-state index < -0.39 is 12.0 Å². The zero-order chi connectivity index (χ0) is 18.1. The van der Waals surface area contributed by atoms with Crippen molar-refractivity contribution in [3.05, 3.63) is 71.8 Å². The zero-order valence-electron chi connectivity index (χ0n) is 14.3. The van der Waals surface area contributed by atoms with Crippen molar-refractivity contribution in [2.75, 3.05) is 14.2 Å². The fourth-order valence-electron chi connectivity index (χ4n) is 2.39. The summed E-state index contributed by atoms with van der Waals surface area (Å²) in [6.07, 6.45) is 0.319. The lowest BCUT2D eigenvalue weighted by Gasteiger charge is -2.14. The average molecular weight is 339 g/mol. The van der Waals surface area contributed by atoms with Crippen molar-refractivity contribution in [1.82, 2.24) is 0 Å². The van der Waals surface area contributed by atoms with Crippen LogP contribution in [0.2, 0.25) is 0 Å². The summed E-state index contributed by atoms with van der Waals surface area (Å²) in [5, 5.41) is 0. The van der Waals surface area contributed by atoms with Gasteiger partial charge in [0.1, 0.15) is 6.04 Å². The molecule has 0 fully saturated rings. The molecule has 0 aliphatic heterocycles. The predicted octanol–water partition coefficient (Wildman–Crippen LogP) is 3.02. The molecule has 2 rings (SSSR count). The van der Waals surface area contributed by atoms with Crippen LogP contribution in [0, 0.1) is 0 Å². The molecule has 0 radical (unpaired) electrons. The minimum atomic E-state index is -0.778. The summed E-state index contributed by atoms with van der Waals surface area (Å²) < 4.78 is 9.50. The Labute approximate surface area is 147 Å². The first-order chi connectivity index (χ1) is 12.2. The molecule has 0 N–H and O–H groups in total. The molecule has 5 heteroatoms. The van der Waals surface area contributed by atoms with Gasteiger partial charge in [0.05, 0.1) is 19.9 Å². The van der Waals surface area contributed by atoms with E-state index in [2.05, 4.69) is 9.73 Å². The van der Waals surface area contributed by atoms with E-state index in [0.29, 0.717) is 5.71 Å². The Morgan fingerprint density at radius 3 is 1.84 bits per heavy atom. The van der Waals surface area contributed by atoms with Gasteiger partial charge in [0, 0.05) is 17.5 Å². The maximum Gasteiger partial charge on any atom is 0.330 e. The SMILES string of the molecule is COC(=O)CCC(N=C(c1ccccc1)c1ccccc1)C(=O)OC. The number of aliphatic imine (C=N–C) groups is 1. The third-order valence-electron chi connectivity index (χ3n) is 3.70. The van der Waals surface area contributed by atoms with E-state index in [-0.39, 0.29) is 18.8 Å². The van der Waals surface area contributed by atoms with Crippen LogP contribution in [0.4, 0.5) is 0 Å². The topological polar surface area (TPSA) is 65.0 Å². The first-order valence-corrected chi connectivity index (χ1v) is 7.99. The van der Waals surface area contributed by atoms with Crippen LogP contribution in [0.1, 0.15) is 24.0 Å². The summed E-state index contributed by atoms with van der Waals surface area (Å²) >= 11 is 0. The third kappa shape index (κ3) is 5.28. The summed E-state index contributed by atoms with van der Waals surface area (Å²) in [7, 11) is 2.63. The quantitative estimate of drug-likeness (QED) is 0.574. The molecule has 25 heavy (non-hydrogen) atoms. The summed E-state index contributed by atoms with van der Waals surface area (Å²) in [4.78, 5) is 28.2. The van der Waals surface area contributed by atoms with Gasteiger partial charge in [-0.25, -0.2) is 4.79 Å². The van der Waals surface area contributed by atoms with E-state index in [9.17, 15) is 9.59 Å². The first kappa shape index (κ1) is 18.4. The van der Waals surface area contributed by atoms with Gasteiger partial charge in [-0.1, -0.05) is 60.7 Å². The van der Waals surface area contributed by atoms with Gasteiger partial charge in [0.2, 0.25) is 0 Å². The molecule has 0 aromatic heterocycles. The largest absolute Gasteiger partial charge is 0.469 e. The Morgan fingerprint density at radius 1 is 0.880 bits per heavy atom. The fraction of sp³-hybridized carbons (Fsp3) is 0.250. The molecule has 0 aliphatic rings. The van der Waals surface area contributed by atoms with Crippen molar-refractivity contribution >= 4 is 17.7 Å². The van der Waals surface area contributed by atoms with Crippen molar-refractivity contribution < 1.29 is 19.1 Å². The standard InChI is InChI=1S/C20H21NO4/c1-24-18(22)14-13-17(20(23)25-2)21-19(15-9-5-3-6-10-15)16-11-7-4-8-12-16/h3-12,17H,13-14H2,1-2H3. The van der Waals surface area contributed by atoms with Crippen molar-refractivity contribution in [1.29, 1.82) is 0 Å². The fourth-order valence-corrected chi connectivity index (χ4v) is 2.39. The Hall–Kier alpha value is -2.95. The monoisotopic (exact) mass is 339 g/mol. The summed E-state index contributed by atoms with van der Waals surface area (Å²) in [6, 6.07) is 18.4. The lowest BCUT2D eigenvalue weighted by molar-refractivity contribution is -0.143.